The molecule has 1 saturated heterocycles. The predicted molar refractivity (Wildman–Crippen MR) is 128 cm³/mol. The SMILES string of the molecule is C[C@@]12CSC(=N1)c1csc(n1)CNC(=O)C[C@@H](/C=C/CCS)OC(=O)[C@@H]1CCCN1C2=O. The maximum absolute atomic E-state index is 13.4. The Kier molecular flexibility index (Phi) is 7.26. The van der Waals surface area contributed by atoms with Gasteiger partial charge in [-0.15, -0.1) is 23.1 Å². The van der Waals surface area contributed by atoms with Gasteiger partial charge in [-0.3, -0.25) is 14.6 Å². The molecule has 3 aliphatic rings. The van der Waals surface area contributed by atoms with Gasteiger partial charge in [0.2, 0.25) is 5.91 Å². The highest BCUT2D eigenvalue weighted by molar-refractivity contribution is 8.14. The first kappa shape index (κ1) is 23.3. The molecule has 4 bridgehead atoms. The number of thioether (sulfide) groups is 1. The van der Waals surface area contributed by atoms with Crippen LogP contribution in [0.15, 0.2) is 22.5 Å². The number of allylic oxidation sites excluding steroid dienone is 1. The number of hydrogen-bond donors (Lipinski definition) is 2. The third kappa shape index (κ3) is 5.04. The van der Waals surface area contributed by atoms with Gasteiger partial charge >= 0.3 is 5.97 Å². The zero-order chi connectivity index (χ0) is 22.7. The average molecular weight is 495 g/mol. The number of thiazole rings is 1. The summed E-state index contributed by atoms with van der Waals surface area (Å²) in [4.78, 5) is 49.9. The molecule has 2 amide bonds. The minimum atomic E-state index is -0.941. The number of hydrogen-bond acceptors (Lipinski definition) is 9. The molecule has 11 heteroatoms. The van der Waals surface area contributed by atoms with Gasteiger partial charge in [0.15, 0.2) is 0 Å². The van der Waals surface area contributed by atoms with Crippen LogP contribution in [-0.4, -0.2) is 68.4 Å². The number of thiol groups is 1. The van der Waals surface area contributed by atoms with Gasteiger partial charge in [0.1, 0.15) is 33.4 Å². The van der Waals surface area contributed by atoms with E-state index in [2.05, 4.69) is 22.9 Å². The van der Waals surface area contributed by atoms with E-state index in [1.807, 2.05) is 18.4 Å². The van der Waals surface area contributed by atoms with Crippen LogP contribution in [0.2, 0.25) is 0 Å². The highest BCUT2D eigenvalue weighted by atomic mass is 32.2. The van der Waals surface area contributed by atoms with Crippen LogP contribution in [0.5, 0.6) is 0 Å². The van der Waals surface area contributed by atoms with Crippen LogP contribution in [0.25, 0.3) is 0 Å². The second-order valence-corrected chi connectivity index (χ2v) is 10.5. The van der Waals surface area contributed by atoms with Crippen molar-refractivity contribution in [3.05, 3.63) is 28.2 Å². The molecule has 32 heavy (non-hydrogen) atoms. The monoisotopic (exact) mass is 494 g/mol. The van der Waals surface area contributed by atoms with Gasteiger partial charge in [0.25, 0.3) is 5.91 Å². The molecule has 8 nitrogen and oxygen atoms in total. The van der Waals surface area contributed by atoms with E-state index in [1.54, 1.807) is 11.0 Å². The van der Waals surface area contributed by atoms with E-state index >= 15 is 0 Å². The summed E-state index contributed by atoms with van der Waals surface area (Å²) in [6.07, 6.45) is 4.85. The second-order valence-electron chi connectivity index (χ2n) is 8.16. The fourth-order valence-electron chi connectivity index (χ4n) is 3.92. The van der Waals surface area contributed by atoms with Crippen LogP contribution < -0.4 is 5.32 Å². The number of aromatic nitrogens is 1. The number of aliphatic imine (C=N–C) groups is 1. The van der Waals surface area contributed by atoms with E-state index in [0.29, 0.717) is 30.9 Å². The molecule has 0 unspecified atom stereocenters. The quantitative estimate of drug-likeness (QED) is 0.380. The summed E-state index contributed by atoms with van der Waals surface area (Å²) < 4.78 is 5.71. The smallest absolute Gasteiger partial charge is 0.329 e. The van der Waals surface area contributed by atoms with Crippen LogP contribution in [0.4, 0.5) is 0 Å². The van der Waals surface area contributed by atoms with E-state index in [9.17, 15) is 14.4 Å². The van der Waals surface area contributed by atoms with Crippen molar-refractivity contribution < 1.29 is 19.1 Å². The van der Waals surface area contributed by atoms with Gasteiger partial charge in [-0.1, -0.05) is 6.08 Å². The van der Waals surface area contributed by atoms with E-state index in [1.165, 1.54) is 23.1 Å². The largest absolute Gasteiger partial charge is 0.456 e. The zero-order valence-electron chi connectivity index (χ0n) is 17.8. The molecule has 0 saturated carbocycles. The third-order valence-corrected chi connectivity index (χ3v) is 7.98. The van der Waals surface area contributed by atoms with Crippen LogP contribution in [0, 0.1) is 0 Å². The number of carbonyl (C=O) groups is 3. The van der Waals surface area contributed by atoms with Gasteiger partial charge in [-0.25, -0.2) is 9.78 Å². The minimum absolute atomic E-state index is 0.00792. The van der Waals surface area contributed by atoms with E-state index < -0.39 is 23.7 Å². The highest BCUT2D eigenvalue weighted by Crippen LogP contribution is 2.35. The first-order valence-electron chi connectivity index (χ1n) is 10.6. The topological polar surface area (TPSA) is 101 Å². The lowest BCUT2D eigenvalue weighted by molar-refractivity contribution is -0.157. The molecule has 3 aliphatic heterocycles. The Bertz CT molecular complexity index is 963. The molecule has 3 atom stereocenters. The summed E-state index contributed by atoms with van der Waals surface area (Å²) in [5, 5.41) is 6.22. The van der Waals surface area contributed by atoms with Crippen LogP contribution in [-0.2, 0) is 25.7 Å². The molecule has 1 fully saturated rings. The number of rotatable bonds is 3. The van der Waals surface area contributed by atoms with Crippen LogP contribution >= 0.6 is 35.7 Å². The van der Waals surface area contributed by atoms with Gasteiger partial charge in [-0.05, 0) is 38.0 Å². The average Bonchev–Trinajstić information content (AvgIpc) is 3.51. The Morgan fingerprint density at radius 1 is 1.41 bits per heavy atom. The maximum Gasteiger partial charge on any atom is 0.329 e. The molecule has 0 aromatic carbocycles. The van der Waals surface area contributed by atoms with E-state index in [-0.39, 0.29) is 24.8 Å². The first-order chi connectivity index (χ1) is 15.4. The number of nitrogens with one attached hydrogen (secondary N) is 1. The second kappa shape index (κ2) is 9.96. The van der Waals surface area contributed by atoms with Crippen molar-refractivity contribution >= 4 is 58.6 Å². The van der Waals surface area contributed by atoms with Crippen molar-refractivity contribution in [1.82, 2.24) is 15.2 Å². The maximum atomic E-state index is 13.4. The number of esters is 1. The predicted octanol–water partition coefficient (Wildman–Crippen LogP) is 2.19. The molecule has 1 N–H and O–H groups in total. The number of fused-ring (bicyclic) bond motifs is 5. The molecule has 1 aromatic heterocycles. The Labute approximate surface area is 200 Å². The Hall–Kier alpha value is -1.85. The van der Waals surface area contributed by atoms with Gasteiger partial charge in [0, 0.05) is 17.7 Å². The third-order valence-electron chi connectivity index (χ3n) is 5.59. The molecule has 4 rings (SSSR count). The van der Waals surface area contributed by atoms with Crippen molar-refractivity contribution in [1.29, 1.82) is 0 Å². The Morgan fingerprint density at radius 3 is 3.06 bits per heavy atom. The Balaban J connectivity index is 1.65. The lowest BCUT2D eigenvalue weighted by Crippen LogP contribution is -2.51. The fraction of sp³-hybridized carbons (Fsp3) is 0.571. The fourth-order valence-corrected chi connectivity index (χ4v) is 5.99. The number of nitrogens with zero attached hydrogens (tertiary/aromatic N) is 3. The van der Waals surface area contributed by atoms with Crippen molar-refractivity contribution in [3.63, 3.8) is 0 Å². The van der Waals surface area contributed by atoms with Crippen molar-refractivity contribution in [3.8, 4) is 0 Å². The molecule has 4 heterocycles. The number of cyclic esters (lactones) is 1. The van der Waals surface area contributed by atoms with Crippen molar-refractivity contribution in [2.75, 3.05) is 18.1 Å². The highest BCUT2D eigenvalue weighted by Gasteiger charge is 2.46. The molecule has 0 spiro atoms. The molecule has 0 aliphatic carbocycles. The van der Waals surface area contributed by atoms with E-state index in [0.717, 1.165) is 22.2 Å². The minimum Gasteiger partial charge on any atom is -0.456 e. The standard InChI is InChI=1S/C21H26N4O4S3/c1-21-12-32-18(24-21)14-11-31-17(23-14)10-22-16(26)9-13(5-2-3-8-30)29-19(27)15-6-4-7-25(15)20(21)28/h2,5,11,13,15,30H,3-4,6-10,12H2,1H3,(H,22,26)/b5-2+/t13-,15+,21+/m1/s1. The van der Waals surface area contributed by atoms with Crippen molar-refractivity contribution in [2.24, 2.45) is 4.99 Å². The molecule has 0 radical (unpaired) electrons. The van der Waals surface area contributed by atoms with Gasteiger partial charge in [0.05, 0.1) is 13.0 Å². The number of amides is 2. The summed E-state index contributed by atoms with van der Waals surface area (Å²) >= 11 is 7.12. The van der Waals surface area contributed by atoms with E-state index in [4.69, 9.17) is 9.73 Å². The van der Waals surface area contributed by atoms with Gasteiger partial charge in [-0.2, -0.15) is 12.6 Å². The summed E-state index contributed by atoms with van der Waals surface area (Å²) in [6.45, 7) is 2.59. The van der Waals surface area contributed by atoms with Crippen LogP contribution in [0.1, 0.15) is 43.3 Å². The lowest BCUT2D eigenvalue weighted by Gasteiger charge is -2.30. The summed E-state index contributed by atoms with van der Waals surface area (Å²) in [7, 11) is 0. The summed E-state index contributed by atoms with van der Waals surface area (Å²) in [5.74, 6) is 0.277. The van der Waals surface area contributed by atoms with Crippen molar-refractivity contribution in [2.45, 2.75) is 56.8 Å². The summed E-state index contributed by atoms with van der Waals surface area (Å²) in [6, 6.07) is -0.661. The summed E-state index contributed by atoms with van der Waals surface area (Å²) in [5.41, 5.74) is -0.220. The first-order valence-corrected chi connectivity index (χ1v) is 13.1. The lowest BCUT2D eigenvalue weighted by atomic mass is 10.0. The normalized spacial score (nSPS) is 29.1. The number of carbonyl (C=O) groups excluding carboxylic acids is 3. The van der Waals surface area contributed by atoms with Gasteiger partial charge < -0.3 is 15.0 Å². The zero-order valence-corrected chi connectivity index (χ0v) is 20.3. The number of ether oxygens (including phenoxy) is 1. The molecular formula is C21H26N4O4S3. The Morgan fingerprint density at radius 2 is 2.25 bits per heavy atom. The van der Waals surface area contributed by atoms with Crippen LogP contribution in [0.3, 0.4) is 0 Å². The molecule has 172 valence electrons. The molecule has 1 aromatic rings. The molecular weight excluding hydrogens is 468 g/mol.